The monoisotopic (exact) mass is 814 g/mol. The minimum absolute atomic E-state index is 0. The Balaban J connectivity index is -0.0000000277. The zero-order chi connectivity index (χ0) is 27.8. The van der Waals surface area contributed by atoms with Crippen LogP contribution in [0.15, 0.2) is 0 Å². The van der Waals surface area contributed by atoms with Gasteiger partial charge in [0.25, 0.3) is 7.71 Å². The van der Waals surface area contributed by atoms with Crippen LogP contribution in [0.5, 0.6) is 0 Å². The van der Waals surface area contributed by atoms with E-state index in [0.29, 0.717) is 0 Å². The van der Waals surface area contributed by atoms with Gasteiger partial charge in [-0.1, -0.05) is 0 Å². The lowest BCUT2D eigenvalue weighted by atomic mass is 11.6. The Hall–Kier alpha value is 2.96. The molecule has 27 heteroatoms. The summed E-state index contributed by atoms with van der Waals surface area (Å²) >= 11 is 16.2. The van der Waals surface area contributed by atoms with E-state index in [0.717, 1.165) is 0 Å². The molecule has 23 N–H and O–H groups in total. The van der Waals surface area contributed by atoms with Crippen LogP contribution in [0.2, 0.25) is 52.4 Å². The Kier molecular flexibility index (Phi) is 84.2. The molecule has 13 nitrogen and oxygen atoms in total. The van der Waals surface area contributed by atoms with E-state index >= 15 is 0 Å². The van der Waals surface area contributed by atoms with Gasteiger partial charge in [0.15, 0.2) is 36.5 Å². The van der Waals surface area contributed by atoms with Gasteiger partial charge in [0.05, 0.1) is 12.4 Å². The molecular weight excluding hydrogens is 752 g/mol. The van der Waals surface area contributed by atoms with Gasteiger partial charge in [0, 0.05) is 0 Å². The van der Waals surface area contributed by atoms with E-state index < -0.39 is 69.8 Å². The number of rotatable bonds is 9. The summed E-state index contributed by atoms with van der Waals surface area (Å²) in [6, 6.07) is 0. The van der Waals surface area contributed by atoms with Gasteiger partial charge in [-0.15, -0.1) is 11.1 Å². The highest BCUT2D eigenvalue weighted by molar-refractivity contribution is 7.33. The first kappa shape index (κ1) is 68.2. The summed E-state index contributed by atoms with van der Waals surface area (Å²) in [6.07, 6.45) is 0. The van der Waals surface area contributed by atoms with Crippen LogP contribution in [-0.2, 0) is 0 Å². The Labute approximate surface area is 281 Å². The van der Waals surface area contributed by atoms with Gasteiger partial charge >= 0.3 is 18.2 Å². The molecular formula is C11H66Cl6N13Si8-. The molecule has 0 aromatic carbocycles. The van der Waals surface area contributed by atoms with Gasteiger partial charge < -0.3 is 89.4 Å². The molecule has 0 saturated heterocycles. The predicted molar refractivity (Wildman–Crippen MR) is 192 cm³/mol. The van der Waals surface area contributed by atoms with E-state index in [2.05, 4.69) is 61.6 Å². The summed E-state index contributed by atoms with van der Waals surface area (Å²) in [5.41, 5.74) is 0. The number of hydrogen-bond acceptors (Lipinski definition) is 10. The second kappa shape index (κ2) is 46.9. The fraction of sp³-hybridized carbons (Fsp3) is 1.00. The first-order valence-corrected chi connectivity index (χ1v) is 33.6. The van der Waals surface area contributed by atoms with Crippen LogP contribution in [0.25, 0.3) is 6.15 Å². The topological polar surface area (TPSA) is 277 Å². The van der Waals surface area contributed by atoms with Crippen molar-refractivity contribution in [3.8, 4) is 0 Å². The second-order valence-corrected chi connectivity index (χ2v) is 33.1. The smallest absolute Gasteiger partial charge is 0.328 e. The maximum absolute atomic E-state index is 5.81. The van der Waals surface area contributed by atoms with Crippen molar-refractivity contribution in [2.24, 2.45) is 27.0 Å². The molecule has 6 atom stereocenters. The fourth-order valence-corrected chi connectivity index (χ4v) is 15.2. The number of nitrogens with two attached hydrogens (primary N) is 7. The van der Waals surface area contributed by atoms with Crippen molar-refractivity contribution in [2.45, 2.75) is 52.4 Å². The molecule has 0 aliphatic carbocycles. The van der Waals surface area contributed by atoms with E-state index in [4.69, 9.17) is 60.2 Å². The second-order valence-electron chi connectivity index (χ2n) is 7.70. The van der Waals surface area contributed by atoms with Crippen LogP contribution in [0.4, 0.5) is 0 Å². The normalized spacial score (nSPS) is 14.4. The number of nitrogens with one attached hydrogen (secondary N) is 5. The largest absolute Gasteiger partial charge is 1.00 e. The lowest BCUT2D eigenvalue weighted by Crippen LogP contribution is -3.03. The summed E-state index contributed by atoms with van der Waals surface area (Å²) in [7, 11) is -2.81. The SMILES string of the molecule is CN[SiH](C)N[SiH](C)N.CN[SiH](C)N[Si](C)(N)Cl.CN[SiH](C)[NH2+][SiH](C)N.C[SiH](Cl)Cl.C[SiH](N)N.[Cl-].[Cl-].[ClH2+].[H-].[NH2-].[NH4+]. The van der Waals surface area contributed by atoms with Gasteiger partial charge in [-0.05, 0) is 73.5 Å². The lowest BCUT2D eigenvalue weighted by Gasteiger charge is -2.18. The number of halogens is 6. The third kappa shape index (κ3) is 116. The third-order valence-corrected chi connectivity index (χ3v) is 19.4. The van der Waals surface area contributed by atoms with Crippen molar-refractivity contribution in [1.29, 1.82) is 0 Å². The standard InChI is InChI=1S/C3H14ClN3Si2.C3H16N3Si2.C3H15N3Si2.CH4Cl2Si.CH8N2Si.ClH2.2ClH.H3N.H2N.H/c1-6-8(2)7-9(3,4)5;2*1-5-8(3)6-7(2)4;2*1-4(2)3;;;;;;/h6-8H,5H2,1-3H3;5,7-8H,4,6H2,1-3H3;5-8H,4H2,1-3H3;4H,1H3;4H,2-3H2,1H3;1H2;2*1H;1H3;1H2;/q;+1;;;;+1;;;;2*-1/p-1. The summed E-state index contributed by atoms with van der Waals surface area (Å²) in [4.78, 5) is 9.53. The van der Waals surface area contributed by atoms with E-state index in [1.807, 2.05) is 40.8 Å². The van der Waals surface area contributed by atoms with E-state index in [1.54, 1.807) is 0 Å². The average molecular weight is 818 g/mol. The van der Waals surface area contributed by atoms with Gasteiger partial charge in [0.1, 0.15) is 0 Å². The Bertz CT molecular complexity index is 368. The van der Waals surface area contributed by atoms with Crippen LogP contribution >= 0.6 is 33.2 Å². The summed E-state index contributed by atoms with van der Waals surface area (Å²) in [5.74, 6) is 0. The first-order chi connectivity index (χ1) is 14.7. The van der Waals surface area contributed by atoms with Crippen molar-refractivity contribution in [3.05, 3.63) is 6.15 Å². The molecule has 0 spiro atoms. The summed E-state index contributed by atoms with van der Waals surface area (Å²) < 4.78 is 8.85. The van der Waals surface area contributed by atoms with Crippen molar-refractivity contribution >= 4 is 103 Å². The molecule has 0 aromatic rings. The van der Waals surface area contributed by atoms with Crippen molar-refractivity contribution in [1.82, 2.24) is 30.4 Å². The Morgan fingerprint density at radius 3 is 1.16 bits per heavy atom. The quantitative estimate of drug-likeness (QED) is 0.0772. The molecule has 0 fully saturated rings. The van der Waals surface area contributed by atoms with Crippen LogP contribution in [0, 0.1) is 12.4 Å². The zero-order valence-corrected chi connectivity index (χ0v) is 39.2. The zero-order valence-electron chi connectivity index (χ0n) is 26.4. The molecule has 0 aliphatic heterocycles. The number of hydrogen-bond donors (Lipinski definition) is 12. The molecule has 0 aromatic heterocycles. The fourth-order valence-electron chi connectivity index (χ4n) is 1.52. The summed E-state index contributed by atoms with van der Waals surface area (Å²) in [6.45, 7) is 16.3. The van der Waals surface area contributed by atoms with Crippen molar-refractivity contribution < 1.29 is 43.3 Å². The molecule has 0 aliphatic rings. The van der Waals surface area contributed by atoms with Gasteiger partial charge in [-0.2, -0.15) is 22.2 Å². The van der Waals surface area contributed by atoms with E-state index in [9.17, 15) is 0 Å². The molecule has 38 heavy (non-hydrogen) atoms. The van der Waals surface area contributed by atoms with Crippen LogP contribution in [0.1, 0.15) is 1.43 Å². The predicted octanol–water partition coefficient (Wildman–Crippen LogP) is -9.96. The van der Waals surface area contributed by atoms with Gasteiger partial charge in [-0.25, -0.2) is 0 Å². The van der Waals surface area contributed by atoms with Crippen LogP contribution < -0.4 is 86.9 Å². The highest BCUT2D eigenvalue weighted by Crippen LogP contribution is 1.92. The average Bonchev–Trinajstić information content (AvgIpc) is 2.59. The molecule has 0 amide bonds. The number of quaternary nitrogens is 2. The minimum Gasteiger partial charge on any atom is -1.00 e. The van der Waals surface area contributed by atoms with Crippen LogP contribution in [0.3, 0.4) is 0 Å². The molecule has 6 unspecified atom stereocenters. The van der Waals surface area contributed by atoms with Crippen molar-refractivity contribution in [3.63, 3.8) is 0 Å². The summed E-state index contributed by atoms with van der Waals surface area (Å²) in [5, 5.41) is 26.9. The molecule has 0 heterocycles. The van der Waals surface area contributed by atoms with Gasteiger partial charge in [0.2, 0.25) is 7.42 Å². The molecule has 0 bridgehead atoms. The first-order valence-electron chi connectivity index (χ1n) is 10.9. The Morgan fingerprint density at radius 1 is 0.789 bits per heavy atom. The highest BCUT2D eigenvalue weighted by Gasteiger charge is 2.20. The minimum atomic E-state index is -2.02. The lowest BCUT2D eigenvalue weighted by molar-refractivity contribution is -0.371. The van der Waals surface area contributed by atoms with Gasteiger partial charge in [-0.3, -0.25) is 4.98 Å². The molecule has 0 rings (SSSR count). The van der Waals surface area contributed by atoms with E-state index in [-0.39, 0.29) is 50.9 Å². The molecule has 250 valence electrons. The highest BCUT2D eigenvalue weighted by atomic mass is 35.7. The maximum Gasteiger partial charge on any atom is 0.328 e. The molecule has 0 radical (unpaired) electrons. The molecule has 0 saturated carbocycles. The Morgan fingerprint density at radius 2 is 1.08 bits per heavy atom. The van der Waals surface area contributed by atoms with Crippen LogP contribution in [-0.4, -0.2) is 91.0 Å². The third-order valence-electron chi connectivity index (χ3n) is 2.93. The maximum atomic E-state index is 5.81. The van der Waals surface area contributed by atoms with Crippen molar-refractivity contribution in [2.75, 3.05) is 21.1 Å². The van der Waals surface area contributed by atoms with E-state index in [1.165, 1.54) is 0 Å².